The van der Waals surface area contributed by atoms with Crippen LogP contribution in [0.15, 0.2) is 45.6 Å². The molecule has 0 bridgehead atoms. The summed E-state index contributed by atoms with van der Waals surface area (Å²) >= 11 is 0. The fraction of sp³-hybridized carbons (Fsp3) is 0.333. The summed E-state index contributed by atoms with van der Waals surface area (Å²) in [5, 5.41) is 3.69. The van der Waals surface area contributed by atoms with Gasteiger partial charge < -0.3 is 19.5 Å². The molecule has 0 atom stereocenters. The Morgan fingerprint density at radius 1 is 1.14 bits per heavy atom. The molecule has 0 spiro atoms. The zero-order chi connectivity index (χ0) is 20.4. The monoisotopic (exact) mass is 393 g/mol. The summed E-state index contributed by atoms with van der Waals surface area (Å²) in [4.78, 5) is 37.9. The summed E-state index contributed by atoms with van der Waals surface area (Å²) in [6.45, 7) is 7.01. The van der Waals surface area contributed by atoms with Gasteiger partial charge in [0.05, 0.1) is 5.39 Å². The number of carbonyl (C=O) groups excluding carboxylic acids is 1. The van der Waals surface area contributed by atoms with Crippen molar-refractivity contribution in [2.75, 3.05) is 42.9 Å². The van der Waals surface area contributed by atoms with E-state index in [4.69, 9.17) is 4.42 Å². The Hall–Kier alpha value is -3.42. The predicted octanol–water partition coefficient (Wildman–Crippen LogP) is 2.29. The van der Waals surface area contributed by atoms with E-state index in [0.717, 1.165) is 18.2 Å². The molecule has 1 fully saturated rings. The third-order valence-corrected chi connectivity index (χ3v) is 4.92. The van der Waals surface area contributed by atoms with Crippen LogP contribution in [0.2, 0.25) is 0 Å². The van der Waals surface area contributed by atoms with Crippen LogP contribution in [-0.2, 0) is 0 Å². The van der Waals surface area contributed by atoms with Crippen molar-refractivity contribution in [3.8, 4) is 0 Å². The van der Waals surface area contributed by atoms with Crippen LogP contribution in [0.25, 0.3) is 11.0 Å². The van der Waals surface area contributed by atoms with Gasteiger partial charge in [0.15, 0.2) is 11.2 Å². The Morgan fingerprint density at radius 3 is 2.66 bits per heavy atom. The first kappa shape index (κ1) is 18.9. The Bertz CT molecular complexity index is 1100. The highest BCUT2D eigenvalue weighted by Gasteiger charge is 2.25. The molecule has 3 heterocycles. The van der Waals surface area contributed by atoms with Crippen molar-refractivity contribution in [2.24, 2.45) is 0 Å². The van der Waals surface area contributed by atoms with E-state index in [9.17, 15) is 9.59 Å². The maximum atomic E-state index is 12.9. The number of para-hydroxylation sites is 1. The van der Waals surface area contributed by atoms with Gasteiger partial charge in [-0.1, -0.05) is 12.1 Å². The molecule has 1 N–H and O–H groups in total. The van der Waals surface area contributed by atoms with Crippen molar-refractivity contribution >= 4 is 28.5 Å². The summed E-state index contributed by atoms with van der Waals surface area (Å²) in [6, 6.07) is 10.2. The predicted molar refractivity (Wildman–Crippen MR) is 112 cm³/mol. The standard InChI is InChI=1S/C21H23N5O3/c1-3-22-19-13-20(24-14(2)23-19)25-8-10-26(11-9-25)21(28)18-12-16(27)15-6-4-5-7-17(15)29-18/h4-7,12-13H,3,8-11H2,1-2H3,(H,22,23,24). The molecule has 8 heteroatoms. The van der Waals surface area contributed by atoms with Crippen LogP contribution in [0.3, 0.4) is 0 Å². The van der Waals surface area contributed by atoms with Gasteiger partial charge in [-0.05, 0) is 26.0 Å². The number of nitrogens with zero attached hydrogens (tertiary/aromatic N) is 4. The number of carbonyl (C=O) groups is 1. The summed E-state index contributed by atoms with van der Waals surface area (Å²) in [5.74, 6) is 2.16. The molecule has 0 radical (unpaired) electrons. The third kappa shape index (κ3) is 3.91. The molecule has 0 saturated carbocycles. The molecule has 1 aliphatic heterocycles. The number of fused-ring (bicyclic) bond motifs is 1. The van der Waals surface area contributed by atoms with Gasteiger partial charge in [0.25, 0.3) is 5.91 Å². The highest BCUT2D eigenvalue weighted by Crippen LogP contribution is 2.19. The van der Waals surface area contributed by atoms with Crippen LogP contribution in [-0.4, -0.2) is 53.5 Å². The molecular weight excluding hydrogens is 370 g/mol. The highest BCUT2D eigenvalue weighted by molar-refractivity contribution is 5.93. The summed E-state index contributed by atoms with van der Waals surface area (Å²) in [5.41, 5.74) is 0.218. The fourth-order valence-corrected chi connectivity index (χ4v) is 3.49. The molecular formula is C21H23N5O3. The lowest BCUT2D eigenvalue weighted by molar-refractivity contribution is 0.0715. The van der Waals surface area contributed by atoms with Gasteiger partial charge in [0.2, 0.25) is 0 Å². The van der Waals surface area contributed by atoms with E-state index in [1.165, 1.54) is 6.07 Å². The number of aromatic nitrogens is 2. The Kier molecular flexibility index (Phi) is 5.16. The molecule has 1 amide bonds. The molecule has 0 aliphatic carbocycles. The lowest BCUT2D eigenvalue weighted by atomic mass is 10.2. The summed E-state index contributed by atoms with van der Waals surface area (Å²) in [7, 11) is 0. The second-order valence-corrected chi connectivity index (χ2v) is 6.94. The molecule has 150 valence electrons. The van der Waals surface area contributed by atoms with Gasteiger partial charge in [-0.15, -0.1) is 0 Å². The number of aryl methyl sites for hydroxylation is 1. The lowest BCUT2D eigenvalue weighted by Crippen LogP contribution is -2.49. The van der Waals surface area contributed by atoms with E-state index in [-0.39, 0.29) is 17.1 Å². The van der Waals surface area contributed by atoms with Gasteiger partial charge in [-0.3, -0.25) is 9.59 Å². The average Bonchev–Trinajstić information content (AvgIpc) is 2.73. The molecule has 1 aromatic carbocycles. The Labute approximate surface area is 168 Å². The number of hydrogen-bond donors (Lipinski definition) is 1. The Morgan fingerprint density at radius 2 is 1.90 bits per heavy atom. The van der Waals surface area contributed by atoms with Crippen LogP contribution in [0.5, 0.6) is 0 Å². The molecule has 2 aromatic heterocycles. The number of hydrogen-bond acceptors (Lipinski definition) is 7. The normalized spacial score (nSPS) is 14.3. The number of piperazine rings is 1. The van der Waals surface area contributed by atoms with Crippen molar-refractivity contribution in [1.29, 1.82) is 0 Å². The van der Waals surface area contributed by atoms with Gasteiger partial charge in [0.1, 0.15) is 23.0 Å². The zero-order valence-electron chi connectivity index (χ0n) is 16.5. The molecule has 1 aliphatic rings. The first-order valence-corrected chi connectivity index (χ1v) is 9.72. The van der Waals surface area contributed by atoms with Crippen LogP contribution in [0.4, 0.5) is 11.6 Å². The molecule has 8 nitrogen and oxygen atoms in total. The molecule has 29 heavy (non-hydrogen) atoms. The molecule has 0 unspecified atom stereocenters. The van der Waals surface area contributed by atoms with E-state index in [0.29, 0.717) is 43.0 Å². The summed E-state index contributed by atoms with van der Waals surface area (Å²) < 4.78 is 5.69. The SMILES string of the molecule is CCNc1cc(N2CCN(C(=O)c3cc(=O)c4ccccc4o3)CC2)nc(C)n1. The third-order valence-electron chi connectivity index (χ3n) is 4.92. The second kappa shape index (κ2) is 7.90. The topological polar surface area (TPSA) is 91.6 Å². The maximum Gasteiger partial charge on any atom is 0.289 e. The van der Waals surface area contributed by atoms with Gasteiger partial charge in [0, 0.05) is 44.9 Å². The number of rotatable bonds is 4. The van der Waals surface area contributed by atoms with Crippen molar-refractivity contribution in [3.05, 3.63) is 58.2 Å². The minimum absolute atomic E-state index is 0.0782. The first-order chi connectivity index (χ1) is 14.0. The van der Waals surface area contributed by atoms with E-state index in [2.05, 4.69) is 20.2 Å². The molecule has 4 rings (SSSR count). The molecule has 3 aromatic rings. The number of amides is 1. The van der Waals surface area contributed by atoms with Crippen molar-refractivity contribution in [1.82, 2.24) is 14.9 Å². The minimum Gasteiger partial charge on any atom is -0.451 e. The van der Waals surface area contributed by atoms with Crippen molar-refractivity contribution in [2.45, 2.75) is 13.8 Å². The second-order valence-electron chi connectivity index (χ2n) is 6.94. The maximum absolute atomic E-state index is 12.9. The number of benzene rings is 1. The van der Waals surface area contributed by atoms with E-state index in [1.54, 1.807) is 29.2 Å². The quantitative estimate of drug-likeness (QED) is 0.727. The highest BCUT2D eigenvalue weighted by atomic mass is 16.3. The minimum atomic E-state index is -0.264. The number of nitrogens with one attached hydrogen (secondary N) is 1. The van der Waals surface area contributed by atoms with E-state index < -0.39 is 0 Å². The van der Waals surface area contributed by atoms with Crippen LogP contribution >= 0.6 is 0 Å². The van der Waals surface area contributed by atoms with Crippen molar-refractivity contribution in [3.63, 3.8) is 0 Å². The van der Waals surface area contributed by atoms with E-state index >= 15 is 0 Å². The van der Waals surface area contributed by atoms with Gasteiger partial charge in [-0.2, -0.15) is 0 Å². The van der Waals surface area contributed by atoms with Crippen LogP contribution in [0, 0.1) is 6.92 Å². The molecule has 1 saturated heterocycles. The van der Waals surface area contributed by atoms with Crippen LogP contribution < -0.4 is 15.6 Å². The Balaban J connectivity index is 1.49. The van der Waals surface area contributed by atoms with Gasteiger partial charge >= 0.3 is 0 Å². The van der Waals surface area contributed by atoms with Crippen LogP contribution in [0.1, 0.15) is 23.3 Å². The largest absolute Gasteiger partial charge is 0.451 e. The van der Waals surface area contributed by atoms with E-state index in [1.807, 2.05) is 19.9 Å². The summed E-state index contributed by atoms with van der Waals surface area (Å²) in [6.07, 6.45) is 0. The lowest BCUT2D eigenvalue weighted by Gasteiger charge is -2.35. The van der Waals surface area contributed by atoms with Gasteiger partial charge in [-0.25, -0.2) is 9.97 Å². The first-order valence-electron chi connectivity index (χ1n) is 9.72. The van der Waals surface area contributed by atoms with Crippen molar-refractivity contribution < 1.29 is 9.21 Å². The fourth-order valence-electron chi connectivity index (χ4n) is 3.49. The zero-order valence-corrected chi connectivity index (χ0v) is 16.5. The smallest absolute Gasteiger partial charge is 0.289 e. The number of anilines is 2. The average molecular weight is 393 g/mol.